The molecule has 5 nitrogen and oxygen atoms in total. The topological polar surface area (TPSA) is 84.5 Å². The van der Waals surface area contributed by atoms with Crippen LogP contribution in [-0.2, 0) is 0 Å². The Hall–Kier alpha value is -2.54. The summed E-state index contributed by atoms with van der Waals surface area (Å²) in [6, 6.07) is 10.3. The molecule has 2 aromatic rings. The molecule has 0 atom stereocenters. The molecule has 0 aromatic heterocycles. The second kappa shape index (κ2) is 6.95. The lowest BCUT2D eigenvalue weighted by Crippen LogP contribution is -2.18. The van der Waals surface area contributed by atoms with E-state index in [0.717, 1.165) is 0 Å². The van der Waals surface area contributed by atoms with Crippen LogP contribution in [0.3, 0.4) is 0 Å². The van der Waals surface area contributed by atoms with Gasteiger partial charge in [-0.1, -0.05) is 15.9 Å². The van der Waals surface area contributed by atoms with E-state index in [4.69, 9.17) is 5.73 Å². The third-order valence-corrected chi connectivity index (χ3v) is 3.26. The number of benzene rings is 2. The third-order valence-electron chi connectivity index (χ3n) is 2.76. The van der Waals surface area contributed by atoms with Crippen molar-refractivity contribution in [2.75, 3.05) is 0 Å². The largest absolute Gasteiger partial charge is 0.366 e. The fraction of sp³-hybridized carbons (Fsp3) is 0. The van der Waals surface area contributed by atoms with Crippen LogP contribution in [0, 0.1) is 5.82 Å². The average molecular weight is 364 g/mol. The second-order valence-corrected chi connectivity index (χ2v) is 5.22. The van der Waals surface area contributed by atoms with Crippen molar-refractivity contribution in [1.82, 2.24) is 5.43 Å². The van der Waals surface area contributed by atoms with Gasteiger partial charge in [0, 0.05) is 21.2 Å². The Kier molecular flexibility index (Phi) is 5.00. The predicted molar refractivity (Wildman–Crippen MR) is 84.1 cm³/mol. The number of primary amides is 1. The minimum absolute atomic E-state index is 0.243. The van der Waals surface area contributed by atoms with E-state index in [1.807, 2.05) is 0 Å². The molecule has 0 unspecified atom stereocenters. The van der Waals surface area contributed by atoms with E-state index in [0.29, 0.717) is 15.6 Å². The van der Waals surface area contributed by atoms with Gasteiger partial charge in [0.05, 0.1) is 6.21 Å². The van der Waals surface area contributed by atoms with Crippen molar-refractivity contribution in [1.29, 1.82) is 0 Å². The van der Waals surface area contributed by atoms with Gasteiger partial charge < -0.3 is 5.73 Å². The maximum absolute atomic E-state index is 13.5. The third kappa shape index (κ3) is 3.98. The number of nitrogens with zero attached hydrogens (tertiary/aromatic N) is 1. The second-order valence-electron chi connectivity index (χ2n) is 4.31. The molecule has 112 valence electrons. The summed E-state index contributed by atoms with van der Waals surface area (Å²) >= 11 is 3.15. The van der Waals surface area contributed by atoms with Crippen LogP contribution in [0.1, 0.15) is 26.3 Å². The molecule has 0 fully saturated rings. The summed E-state index contributed by atoms with van der Waals surface area (Å²) in [6.07, 6.45) is 1.21. The lowest BCUT2D eigenvalue weighted by Gasteiger charge is -2.01. The van der Waals surface area contributed by atoms with Gasteiger partial charge in [-0.25, -0.2) is 9.82 Å². The molecular formula is C15H11BrFN3O2. The van der Waals surface area contributed by atoms with Crippen LogP contribution in [-0.4, -0.2) is 18.0 Å². The summed E-state index contributed by atoms with van der Waals surface area (Å²) in [4.78, 5) is 22.7. The first-order valence-corrected chi connectivity index (χ1v) is 6.95. The lowest BCUT2D eigenvalue weighted by atomic mass is 10.1. The summed E-state index contributed by atoms with van der Waals surface area (Å²) in [6.45, 7) is 0. The summed E-state index contributed by atoms with van der Waals surface area (Å²) in [7, 11) is 0. The van der Waals surface area contributed by atoms with E-state index in [1.165, 1.54) is 42.6 Å². The molecule has 2 rings (SSSR count). The number of nitrogens with one attached hydrogen (secondary N) is 1. The molecule has 2 amide bonds. The number of carbonyl (C=O) groups is 2. The first-order valence-electron chi connectivity index (χ1n) is 6.15. The first-order chi connectivity index (χ1) is 10.5. The Morgan fingerprint density at radius 3 is 2.36 bits per heavy atom. The molecule has 0 saturated heterocycles. The molecular weight excluding hydrogens is 353 g/mol. The van der Waals surface area contributed by atoms with Crippen LogP contribution in [0.15, 0.2) is 52.0 Å². The average Bonchev–Trinajstić information content (AvgIpc) is 2.49. The number of carbonyl (C=O) groups excluding carboxylic acids is 2. The van der Waals surface area contributed by atoms with Crippen LogP contribution in [0.5, 0.6) is 0 Å². The molecule has 0 heterocycles. The Bertz CT molecular complexity index is 745. The van der Waals surface area contributed by atoms with Gasteiger partial charge in [0.15, 0.2) is 0 Å². The van der Waals surface area contributed by atoms with Gasteiger partial charge in [-0.3, -0.25) is 9.59 Å². The quantitative estimate of drug-likeness (QED) is 0.645. The Balaban J connectivity index is 2.02. The van der Waals surface area contributed by atoms with Gasteiger partial charge >= 0.3 is 0 Å². The van der Waals surface area contributed by atoms with Crippen LogP contribution in [0.25, 0.3) is 0 Å². The van der Waals surface area contributed by atoms with E-state index < -0.39 is 17.6 Å². The molecule has 0 aliphatic carbocycles. The normalized spacial score (nSPS) is 10.6. The minimum Gasteiger partial charge on any atom is -0.366 e. The Labute approximate surface area is 134 Å². The number of amides is 2. The standard InChI is InChI=1S/C15H11BrFN3O2/c16-12-6-5-11(13(17)7-12)8-19-20-15(22)10-3-1-9(2-4-10)14(18)21/h1-8H,(H2,18,21)(H,20,22)/b19-8-. The van der Waals surface area contributed by atoms with E-state index in [-0.39, 0.29) is 5.56 Å². The van der Waals surface area contributed by atoms with Crippen molar-refractivity contribution in [2.24, 2.45) is 10.8 Å². The zero-order valence-electron chi connectivity index (χ0n) is 11.2. The molecule has 2 aromatic carbocycles. The molecule has 0 aliphatic rings. The molecule has 7 heteroatoms. The summed E-state index contributed by atoms with van der Waals surface area (Å²) in [5.74, 6) is -1.52. The highest BCUT2D eigenvalue weighted by molar-refractivity contribution is 9.10. The number of hydrogen-bond donors (Lipinski definition) is 2. The van der Waals surface area contributed by atoms with E-state index >= 15 is 0 Å². The van der Waals surface area contributed by atoms with Gasteiger partial charge in [-0.05, 0) is 42.5 Å². The Morgan fingerprint density at radius 2 is 1.77 bits per heavy atom. The zero-order valence-corrected chi connectivity index (χ0v) is 12.8. The summed E-state index contributed by atoms with van der Waals surface area (Å²) < 4.78 is 14.2. The van der Waals surface area contributed by atoms with E-state index in [9.17, 15) is 14.0 Å². The van der Waals surface area contributed by atoms with Crippen LogP contribution in [0.4, 0.5) is 4.39 Å². The van der Waals surface area contributed by atoms with Crippen molar-refractivity contribution in [3.63, 3.8) is 0 Å². The van der Waals surface area contributed by atoms with Crippen LogP contribution < -0.4 is 11.2 Å². The molecule has 3 N–H and O–H groups in total. The Morgan fingerprint density at radius 1 is 1.14 bits per heavy atom. The van der Waals surface area contributed by atoms with Crippen molar-refractivity contribution in [2.45, 2.75) is 0 Å². The zero-order chi connectivity index (χ0) is 16.1. The van der Waals surface area contributed by atoms with E-state index in [2.05, 4.69) is 26.5 Å². The van der Waals surface area contributed by atoms with E-state index in [1.54, 1.807) is 6.07 Å². The smallest absolute Gasteiger partial charge is 0.271 e. The van der Waals surface area contributed by atoms with Gasteiger partial charge in [-0.15, -0.1) is 0 Å². The SMILES string of the molecule is NC(=O)c1ccc(C(=O)N/N=C\c2ccc(Br)cc2F)cc1. The summed E-state index contributed by atoms with van der Waals surface area (Å²) in [5.41, 5.74) is 8.23. The highest BCUT2D eigenvalue weighted by Gasteiger charge is 2.06. The molecule has 22 heavy (non-hydrogen) atoms. The number of hydrazone groups is 1. The first kappa shape index (κ1) is 15.8. The van der Waals surface area contributed by atoms with Gasteiger partial charge in [-0.2, -0.15) is 5.10 Å². The number of rotatable bonds is 4. The van der Waals surface area contributed by atoms with Crippen LogP contribution >= 0.6 is 15.9 Å². The fourth-order valence-corrected chi connectivity index (χ4v) is 1.95. The number of nitrogens with two attached hydrogens (primary N) is 1. The predicted octanol–water partition coefficient (Wildman–Crippen LogP) is 2.45. The van der Waals surface area contributed by atoms with Gasteiger partial charge in [0.1, 0.15) is 5.82 Å². The maximum Gasteiger partial charge on any atom is 0.271 e. The van der Waals surface area contributed by atoms with Crippen LogP contribution in [0.2, 0.25) is 0 Å². The van der Waals surface area contributed by atoms with Gasteiger partial charge in [0.25, 0.3) is 5.91 Å². The highest BCUT2D eigenvalue weighted by Crippen LogP contribution is 2.13. The maximum atomic E-state index is 13.5. The molecule has 0 bridgehead atoms. The van der Waals surface area contributed by atoms with Crippen molar-refractivity contribution in [3.8, 4) is 0 Å². The fourth-order valence-electron chi connectivity index (χ4n) is 1.62. The molecule has 0 radical (unpaired) electrons. The molecule has 0 aliphatic heterocycles. The highest BCUT2D eigenvalue weighted by atomic mass is 79.9. The minimum atomic E-state index is -0.573. The monoisotopic (exact) mass is 363 g/mol. The lowest BCUT2D eigenvalue weighted by molar-refractivity contribution is 0.0952. The van der Waals surface area contributed by atoms with Crippen molar-refractivity contribution < 1.29 is 14.0 Å². The number of hydrogen-bond acceptors (Lipinski definition) is 3. The number of halogens is 2. The molecule has 0 saturated carbocycles. The van der Waals surface area contributed by atoms with Crippen molar-refractivity contribution in [3.05, 3.63) is 69.4 Å². The summed E-state index contributed by atoms with van der Waals surface area (Å²) in [5, 5.41) is 3.69. The molecule has 0 spiro atoms. The van der Waals surface area contributed by atoms with Crippen molar-refractivity contribution >= 4 is 34.0 Å². The van der Waals surface area contributed by atoms with Gasteiger partial charge in [0.2, 0.25) is 5.91 Å².